The van der Waals surface area contributed by atoms with Crippen molar-refractivity contribution in [1.29, 1.82) is 0 Å². The largest absolute Gasteiger partial charge is 0.344 e. The molecule has 2 aliphatic carbocycles. The average Bonchev–Trinajstić information content (AvgIpc) is 2.95. The first kappa shape index (κ1) is 24.9. The zero-order chi connectivity index (χ0) is 24.6. The molecule has 2 aromatic heterocycles. The summed E-state index contributed by atoms with van der Waals surface area (Å²) in [6.07, 6.45) is 2.84. The molecule has 0 spiro atoms. The maximum absolute atomic E-state index is 13.6. The van der Waals surface area contributed by atoms with E-state index in [2.05, 4.69) is 15.0 Å². The van der Waals surface area contributed by atoms with Crippen LogP contribution < -0.4 is 0 Å². The van der Waals surface area contributed by atoms with Crippen LogP contribution in [-0.4, -0.2) is 55.9 Å². The minimum atomic E-state index is -3.27. The number of hydrogen-bond donors (Lipinski definition) is 0. The van der Waals surface area contributed by atoms with Crippen molar-refractivity contribution in [3.63, 3.8) is 0 Å². The second-order valence-electron chi connectivity index (χ2n) is 10.6. The Kier molecular flexibility index (Phi) is 6.12. The van der Waals surface area contributed by atoms with Crippen molar-refractivity contribution in [2.45, 2.75) is 90.6 Å². The molecule has 3 heterocycles. The fourth-order valence-corrected chi connectivity index (χ4v) is 8.48. The Morgan fingerprint density at radius 2 is 1.85 bits per heavy atom. The third-order valence-corrected chi connectivity index (χ3v) is 9.58. The Balaban J connectivity index is 1.47. The number of imidazole rings is 1. The number of rotatable bonds is 8. The van der Waals surface area contributed by atoms with Gasteiger partial charge in [-0.05, 0) is 71.9 Å². The smallest absolute Gasteiger partial charge is 0.331 e. The summed E-state index contributed by atoms with van der Waals surface area (Å²) in [6.45, 7) is 11.3. The van der Waals surface area contributed by atoms with Gasteiger partial charge in [0.1, 0.15) is 11.6 Å². The first-order valence-corrected chi connectivity index (χ1v) is 14.2. The van der Waals surface area contributed by atoms with Gasteiger partial charge in [0.2, 0.25) is 5.28 Å². The molecule has 5 rings (SSSR count). The molecule has 188 valence electrons. The summed E-state index contributed by atoms with van der Waals surface area (Å²) in [5, 5.41) is 0.282. The predicted octanol–water partition coefficient (Wildman–Crippen LogP) is 5.65. The van der Waals surface area contributed by atoms with Crippen molar-refractivity contribution in [2.75, 3.05) is 6.16 Å². The van der Waals surface area contributed by atoms with Crippen LogP contribution in [0.25, 0.3) is 11.2 Å². The third kappa shape index (κ3) is 4.21. The van der Waals surface area contributed by atoms with Gasteiger partial charge >= 0.3 is 7.60 Å². The molecule has 0 amide bonds. The Morgan fingerprint density at radius 3 is 2.50 bits per heavy atom. The van der Waals surface area contributed by atoms with E-state index in [9.17, 15) is 4.57 Å². The van der Waals surface area contributed by atoms with E-state index in [0.717, 1.165) is 6.42 Å². The van der Waals surface area contributed by atoms with Crippen molar-refractivity contribution < 1.29 is 23.1 Å². The second kappa shape index (κ2) is 8.37. The fourth-order valence-electron chi connectivity index (χ4n) is 5.83. The highest BCUT2D eigenvalue weighted by atomic mass is 35.5. The Bertz CT molecular complexity index is 1140. The highest BCUT2D eigenvalue weighted by Crippen LogP contribution is 2.74. The lowest BCUT2D eigenvalue weighted by atomic mass is 9.96. The Morgan fingerprint density at radius 1 is 1.18 bits per heavy atom. The van der Waals surface area contributed by atoms with E-state index in [4.69, 9.17) is 41.7 Å². The molecular formula is C22H31Cl2N4O5P. The van der Waals surface area contributed by atoms with Gasteiger partial charge in [0.05, 0.1) is 36.8 Å². The molecule has 3 fully saturated rings. The summed E-state index contributed by atoms with van der Waals surface area (Å²) in [5.41, 5.74) is 0.872. The second-order valence-corrected chi connectivity index (χ2v) is 13.3. The summed E-state index contributed by atoms with van der Waals surface area (Å²) >= 11 is 12.4. The van der Waals surface area contributed by atoms with Crippen molar-refractivity contribution in [1.82, 2.24) is 19.5 Å². The van der Waals surface area contributed by atoms with Crippen LogP contribution in [0.5, 0.6) is 0 Å². The van der Waals surface area contributed by atoms with Gasteiger partial charge < -0.3 is 23.1 Å². The van der Waals surface area contributed by atoms with Gasteiger partial charge in [-0.3, -0.25) is 4.57 Å². The molecule has 0 radical (unpaired) electrons. The van der Waals surface area contributed by atoms with E-state index in [0.29, 0.717) is 23.7 Å². The summed E-state index contributed by atoms with van der Waals surface area (Å²) in [4.78, 5) is 12.9. The maximum Gasteiger partial charge on any atom is 0.331 e. The third-order valence-electron chi connectivity index (χ3n) is 6.89. The molecule has 34 heavy (non-hydrogen) atoms. The fraction of sp³-hybridized carbons (Fsp3) is 0.773. The Labute approximate surface area is 209 Å². The summed E-state index contributed by atoms with van der Waals surface area (Å²) in [7, 11) is -3.27. The highest BCUT2D eigenvalue weighted by Gasteiger charge is 2.75. The predicted molar refractivity (Wildman–Crippen MR) is 128 cm³/mol. The van der Waals surface area contributed by atoms with Gasteiger partial charge in [-0.25, -0.2) is 9.97 Å². The molecule has 12 heteroatoms. The van der Waals surface area contributed by atoms with E-state index >= 15 is 0 Å². The lowest BCUT2D eigenvalue weighted by Crippen LogP contribution is -2.32. The molecule has 1 saturated heterocycles. The quantitative estimate of drug-likeness (QED) is 0.244. The highest BCUT2D eigenvalue weighted by molar-refractivity contribution is 7.53. The first-order valence-electron chi connectivity index (χ1n) is 11.7. The number of ether oxygens (including phenoxy) is 2. The van der Waals surface area contributed by atoms with Crippen molar-refractivity contribution in [2.24, 2.45) is 11.3 Å². The van der Waals surface area contributed by atoms with Gasteiger partial charge in [-0.15, -0.1) is 0 Å². The van der Waals surface area contributed by atoms with E-state index in [1.165, 1.54) is 0 Å². The van der Waals surface area contributed by atoms with E-state index in [1.807, 2.05) is 46.1 Å². The molecule has 9 nitrogen and oxygen atoms in total. The van der Waals surface area contributed by atoms with Gasteiger partial charge in [0, 0.05) is 5.41 Å². The molecule has 0 bridgehead atoms. The Hall–Kier alpha value is -0.800. The lowest BCUT2D eigenvalue weighted by Gasteiger charge is -2.27. The summed E-state index contributed by atoms with van der Waals surface area (Å²) in [5.74, 6) is -0.503. The van der Waals surface area contributed by atoms with E-state index < -0.39 is 13.4 Å². The molecule has 0 aromatic carbocycles. The number of fused-ring (bicyclic) bond motifs is 4. The monoisotopic (exact) mass is 532 g/mol. The zero-order valence-electron chi connectivity index (χ0n) is 20.2. The van der Waals surface area contributed by atoms with E-state index in [1.54, 1.807) is 6.33 Å². The number of nitrogens with zero attached hydrogens (tertiary/aromatic N) is 4. The van der Waals surface area contributed by atoms with Crippen LogP contribution in [0.1, 0.15) is 60.4 Å². The molecule has 1 aliphatic heterocycles. The van der Waals surface area contributed by atoms with Crippen molar-refractivity contribution in [3.8, 4) is 0 Å². The normalized spacial score (nSPS) is 32.1. The molecule has 1 unspecified atom stereocenters. The summed E-state index contributed by atoms with van der Waals surface area (Å²) < 4.78 is 40.0. The van der Waals surface area contributed by atoms with Gasteiger partial charge in [-0.2, -0.15) is 4.98 Å². The SMILES string of the molecule is CC(C)OP(=O)(CCC12C[C@@H]1[C@@H](n1cnc3c(Cl)nc(Cl)nc31)[C@@H]1OC(C)(C)O[C@@H]12)OC(C)C. The summed E-state index contributed by atoms with van der Waals surface area (Å²) in [6, 6.07) is -0.0739. The zero-order valence-corrected chi connectivity index (χ0v) is 22.6. The van der Waals surface area contributed by atoms with Crippen LogP contribution in [0, 0.1) is 11.3 Å². The number of halogens is 2. The standard InChI is InChI=1S/C22H31Cl2N4O5P/c1-11(2)32-34(29,33-12(3)4)8-7-22-9-13(22)15(16-17(22)31-21(5,6)30-16)28-10-25-14-18(23)26-20(24)27-19(14)28/h10-13,15-17H,7-9H2,1-6H3/t13-,15-,16+,17+,22?/m1/s1. The van der Waals surface area contributed by atoms with Crippen LogP contribution in [0.2, 0.25) is 10.4 Å². The average molecular weight is 533 g/mol. The first-order chi connectivity index (χ1) is 15.8. The maximum atomic E-state index is 13.6. The van der Waals surface area contributed by atoms with Crippen LogP contribution in [0.15, 0.2) is 6.33 Å². The molecule has 2 aromatic rings. The van der Waals surface area contributed by atoms with Crippen LogP contribution >= 0.6 is 30.8 Å². The molecule has 3 aliphatic rings. The van der Waals surface area contributed by atoms with Crippen molar-refractivity contribution >= 4 is 42.0 Å². The lowest BCUT2D eigenvalue weighted by molar-refractivity contribution is -0.161. The van der Waals surface area contributed by atoms with Crippen molar-refractivity contribution in [3.05, 3.63) is 16.8 Å². The van der Waals surface area contributed by atoms with E-state index in [-0.39, 0.29) is 52.2 Å². The van der Waals surface area contributed by atoms with Crippen LogP contribution in [0.3, 0.4) is 0 Å². The van der Waals surface area contributed by atoms with Gasteiger partial charge in [0.15, 0.2) is 16.6 Å². The minimum Gasteiger partial charge on any atom is -0.344 e. The molecule has 5 atom stereocenters. The topological polar surface area (TPSA) is 97.6 Å². The molecule has 2 saturated carbocycles. The molecule has 0 N–H and O–H groups in total. The number of hydrogen-bond acceptors (Lipinski definition) is 8. The minimum absolute atomic E-state index is 0.0670. The van der Waals surface area contributed by atoms with Gasteiger partial charge in [0.25, 0.3) is 0 Å². The van der Waals surface area contributed by atoms with Gasteiger partial charge in [-0.1, -0.05) is 11.6 Å². The molecular weight excluding hydrogens is 502 g/mol. The number of aromatic nitrogens is 4. The van der Waals surface area contributed by atoms with Crippen LogP contribution in [-0.2, 0) is 23.1 Å². The van der Waals surface area contributed by atoms with Crippen LogP contribution in [0.4, 0.5) is 0 Å².